The van der Waals surface area contributed by atoms with Gasteiger partial charge in [0.05, 0.1) is 0 Å². The molecular formula is C23H24ClNO. The average Bonchev–Trinajstić information content (AvgIpc) is 2.67. The monoisotopic (exact) mass is 365 g/mol. The van der Waals surface area contributed by atoms with Crippen LogP contribution in [0.4, 0.5) is 0 Å². The van der Waals surface area contributed by atoms with E-state index in [9.17, 15) is 0 Å². The lowest BCUT2D eigenvalue weighted by Gasteiger charge is -2.13. The highest BCUT2D eigenvalue weighted by Crippen LogP contribution is 2.20. The Morgan fingerprint density at radius 2 is 1.54 bits per heavy atom. The van der Waals surface area contributed by atoms with Crippen LogP contribution in [-0.4, -0.2) is 6.54 Å². The third-order valence-electron chi connectivity index (χ3n) is 4.44. The highest BCUT2D eigenvalue weighted by molar-refractivity contribution is 6.30. The van der Waals surface area contributed by atoms with Gasteiger partial charge in [-0.2, -0.15) is 0 Å². The van der Waals surface area contributed by atoms with Crippen LogP contribution in [0.5, 0.6) is 5.75 Å². The van der Waals surface area contributed by atoms with Gasteiger partial charge in [0, 0.05) is 17.1 Å². The van der Waals surface area contributed by atoms with Gasteiger partial charge in [0.25, 0.3) is 0 Å². The van der Waals surface area contributed by atoms with Crippen LogP contribution >= 0.6 is 11.6 Å². The van der Waals surface area contributed by atoms with Crippen molar-refractivity contribution in [3.8, 4) is 5.75 Å². The Hall–Kier alpha value is -2.29. The molecule has 26 heavy (non-hydrogen) atoms. The summed E-state index contributed by atoms with van der Waals surface area (Å²) in [6.07, 6.45) is 0.976. The maximum atomic E-state index is 6.08. The first kappa shape index (κ1) is 18.5. The Morgan fingerprint density at radius 1 is 0.846 bits per heavy atom. The van der Waals surface area contributed by atoms with Gasteiger partial charge in [-0.3, -0.25) is 0 Å². The number of para-hydroxylation sites is 1. The molecule has 0 heterocycles. The van der Waals surface area contributed by atoms with Crippen molar-refractivity contribution in [1.29, 1.82) is 0 Å². The number of aryl methyl sites for hydroxylation is 1. The summed E-state index contributed by atoms with van der Waals surface area (Å²) in [6.45, 7) is 4.41. The van der Waals surface area contributed by atoms with E-state index in [1.165, 1.54) is 22.3 Å². The molecule has 0 bridgehead atoms. The van der Waals surface area contributed by atoms with E-state index in [-0.39, 0.29) is 0 Å². The summed E-state index contributed by atoms with van der Waals surface area (Å²) in [5.74, 6) is 0.940. The third kappa shape index (κ3) is 5.35. The fraction of sp³-hybridized carbons (Fsp3) is 0.217. The summed E-state index contributed by atoms with van der Waals surface area (Å²) in [7, 11) is 0. The number of hydrogen-bond donors (Lipinski definition) is 1. The molecule has 0 spiro atoms. The summed E-state index contributed by atoms with van der Waals surface area (Å²) in [5.41, 5.74) is 4.94. The molecule has 0 saturated heterocycles. The van der Waals surface area contributed by atoms with Gasteiger partial charge < -0.3 is 10.1 Å². The van der Waals surface area contributed by atoms with Crippen LogP contribution < -0.4 is 10.1 Å². The minimum Gasteiger partial charge on any atom is -0.489 e. The SMILES string of the molecule is Cc1ccccc1COc1ccccc1CNCCc1ccc(Cl)cc1. The van der Waals surface area contributed by atoms with Crippen molar-refractivity contribution in [2.45, 2.75) is 26.5 Å². The Kier molecular flexibility index (Phi) is 6.70. The molecule has 0 fully saturated rings. The zero-order valence-corrected chi connectivity index (χ0v) is 15.8. The summed E-state index contributed by atoms with van der Waals surface area (Å²) in [6, 6.07) is 24.6. The summed E-state index contributed by atoms with van der Waals surface area (Å²) < 4.78 is 6.08. The Balaban J connectivity index is 1.52. The van der Waals surface area contributed by atoms with Gasteiger partial charge in [0.1, 0.15) is 12.4 Å². The molecule has 0 aliphatic rings. The zero-order chi connectivity index (χ0) is 18.2. The fourth-order valence-corrected chi connectivity index (χ4v) is 2.95. The molecule has 2 nitrogen and oxygen atoms in total. The molecule has 0 saturated carbocycles. The Morgan fingerprint density at radius 3 is 2.31 bits per heavy atom. The van der Waals surface area contributed by atoms with Crippen LogP contribution in [0.2, 0.25) is 5.02 Å². The van der Waals surface area contributed by atoms with E-state index in [1.807, 2.05) is 24.3 Å². The van der Waals surface area contributed by atoms with E-state index in [2.05, 4.69) is 60.8 Å². The number of benzene rings is 3. The first-order chi connectivity index (χ1) is 12.7. The van der Waals surface area contributed by atoms with Crippen LogP contribution in [0.25, 0.3) is 0 Å². The van der Waals surface area contributed by atoms with E-state index in [1.54, 1.807) is 0 Å². The van der Waals surface area contributed by atoms with Crippen molar-refractivity contribution in [3.05, 3.63) is 100 Å². The van der Waals surface area contributed by atoms with Gasteiger partial charge in [-0.05, 0) is 54.8 Å². The maximum absolute atomic E-state index is 6.08. The number of rotatable bonds is 8. The minimum atomic E-state index is 0.592. The second kappa shape index (κ2) is 9.42. The normalized spacial score (nSPS) is 10.7. The molecule has 0 amide bonds. The average molecular weight is 366 g/mol. The van der Waals surface area contributed by atoms with Crippen LogP contribution in [0.1, 0.15) is 22.3 Å². The highest BCUT2D eigenvalue weighted by Gasteiger charge is 2.04. The lowest BCUT2D eigenvalue weighted by Crippen LogP contribution is -2.17. The topological polar surface area (TPSA) is 21.3 Å². The second-order valence-electron chi connectivity index (χ2n) is 6.38. The van der Waals surface area contributed by atoms with Crippen molar-refractivity contribution in [2.75, 3.05) is 6.54 Å². The molecule has 0 unspecified atom stereocenters. The molecule has 3 heteroatoms. The number of ether oxygens (including phenoxy) is 1. The summed E-state index contributed by atoms with van der Waals surface area (Å²) in [5, 5.41) is 4.28. The lowest BCUT2D eigenvalue weighted by atomic mass is 10.1. The van der Waals surface area contributed by atoms with E-state index >= 15 is 0 Å². The standard InChI is InChI=1S/C23H24ClNO/c1-18-6-2-3-8-21(18)17-26-23-9-5-4-7-20(23)16-25-15-14-19-10-12-22(24)13-11-19/h2-13,25H,14-17H2,1H3. The molecule has 1 N–H and O–H groups in total. The smallest absolute Gasteiger partial charge is 0.124 e. The number of halogens is 1. The Bertz CT molecular complexity index is 830. The van der Waals surface area contributed by atoms with E-state index in [0.717, 1.165) is 30.3 Å². The molecule has 0 radical (unpaired) electrons. The maximum Gasteiger partial charge on any atom is 0.124 e. The van der Waals surface area contributed by atoms with Gasteiger partial charge in [0.15, 0.2) is 0 Å². The van der Waals surface area contributed by atoms with Crippen molar-refractivity contribution in [1.82, 2.24) is 5.32 Å². The molecule has 0 atom stereocenters. The number of hydrogen-bond acceptors (Lipinski definition) is 2. The van der Waals surface area contributed by atoms with Gasteiger partial charge >= 0.3 is 0 Å². The second-order valence-corrected chi connectivity index (χ2v) is 6.81. The summed E-state index contributed by atoms with van der Waals surface area (Å²) in [4.78, 5) is 0. The largest absolute Gasteiger partial charge is 0.489 e. The van der Waals surface area contributed by atoms with Crippen LogP contribution in [-0.2, 0) is 19.6 Å². The van der Waals surface area contributed by atoms with E-state index in [4.69, 9.17) is 16.3 Å². The van der Waals surface area contributed by atoms with Crippen molar-refractivity contribution in [2.24, 2.45) is 0 Å². The quantitative estimate of drug-likeness (QED) is 0.527. The Labute approximate surface area is 160 Å². The van der Waals surface area contributed by atoms with Crippen molar-refractivity contribution >= 4 is 11.6 Å². The lowest BCUT2D eigenvalue weighted by molar-refractivity contribution is 0.301. The molecule has 0 aliphatic heterocycles. The van der Waals surface area contributed by atoms with Crippen LogP contribution in [0.15, 0.2) is 72.8 Å². The van der Waals surface area contributed by atoms with Gasteiger partial charge in [-0.25, -0.2) is 0 Å². The molecule has 3 rings (SSSR count). The minimum absolute atomic E-state index is 0.592. The highest BCUT2D eigenvalue weighted by atomic mass is 35.5. The fourth-order valence-electron chi connectivity index (χ4n) is 2.83. The first-order valence-corrected chi connectivity index (χ1v) is 9.30. The molecule has 0 aliphatic carbocycles. The van der Waals surface area contributed by atoms with Gasteiger partial charge in [0.2, 0.25) is 0 Å². The van der Waals surface area contributed by atoms with Crippen molar-refractivity contribution < 1.29 is 4.74 Å². The third-order valence-corrected chi connectivity index (χ3v) is 4.69. The molecule has 0 aromatic heterocycles. The summed E-state index contributed by atoms with van der Waals surface area (Å²) >= 11 is 5.92. The van der Waals surface area contributed by atoms with Crippen LogP contribution in [0, 0.1) is 6.92 Å². The number of nitrogens with one attached hydrogen (secondary N) is 1. The molecule has 134 valence electrons. The van der Waals surface area contributed by atoms with Crippen LogP contribution in [0.3, 0.4) is 0 Å². The van der Waals surface area contributed by atoms with Gasteiger partial charge in [-0.15, -0.1) is 0 Å². The molecule has 3 aromatic carbocycles. The van der Waals surface area contributed by atoms with E-state index in [0.29, 0.717) is 6.61 Å². The zero-order valence-electron chi connectivity index (χ0n) is 15.0. The van der Waals surface area contributed by atoms with E-state index < -0.39 is 0 Å². The van der Waals surface area contributed by atoms with Gasteiger partial charge in [-0.1, -0.05) is 66.2 Å². The predicted octanol–water partition coefficient (Wildman–Crippen LogP) is 5.56. The molecular weight excluding hydrogens is 342 g/mol. The first-order valence-electron chi connectivity index (χ1n) is 8.93. The predicted molar refractivity (Wildman–Crippen MR) is 109 cm³/mol. The van der Waals surface area contributed by atoms with Crippen molar-refractivity contribution in [3.63, 3.8) is 0 Å². The molecule has 3 aromatic rings.